The highest BCUT2D eigenvalue weighted by Crippen LogP contribution is 2.30. The Hall–Kier alpha value is -0.320. The number of hydrogen-bond acceptors (Lipinski definition) is 3. The SMILES string of the molecule is CCN1CCCC1CNC(=O)C1NCCCC1(C)C.Cl. The third-order valence-electron chi connectivity index (χ3n) is 4.81. The third-order valence-corrected chi connectivity index (χ3v) is 4.81. The number of likely N-dealkylation sites (N-methyl/N-ethyl adjacent to an activating group) is 1. The molecule has 0 aliphatic carbocycles. The van der Waals surface area contributed by atoms with Gasteiger partial charge in [0.25, 0.3) is 0 Å². The third kappa shape index (κ3) is 4.09. The van der Waals surface area contributed by atoms with Gasteiger partial charge in [0.15, 0.2) is 0 Å². The van der Waals surface area contributed by atoms with Gasteiger partial charge in [-0.05, 0) is 50.7 Å². The Kier molecular flexibility index (Phi) is 6.76. The van der Waals surface area contributed by atoms with Crippen LogP contribution in [0.2, 0.25) is 0 Å². The Morgan fingerprint density at radius 2 is 2.15 bits per heavy atom. The van der Waals surface area contributed by atoms with Gasteiger partial charge in [-0.2, -0.15) is 0 Å². The van der Waals surface area contributed by atoms with Gasteiger partial charge in [-0.15, -0.1) is 12.4 Å². The van der Waals surface area contributed by atoms with Gasteiger partial charge in [-0.3, -0.25) is 9.69 Å². The summed E-state index contributed by atoms with van der Waals surface area (Å²) in [7, 11) is 0. The van der Waals surface area contributed by atoms with Crippen LogP contribution in [-0.4, -0.2) is 49.1 Å². The van der Waals surface area contributed by atoms with Crippen molar-refractivity contribution in [2.24, 2.45) is 5.41 Å². The Labute approximate surface area is 129 Å². The smallest absolute Gasteiger partial charge is 0.237 e. The fourth-order valence-corrected chi connectivity index (χ4v) is 3.52. The zero-order valence-electron chi connectivity index (χ0n) is 13.1. The summed E-state index contributed by atoms with van der Waals surface area (Å²) in [5.41, 5.74) is 0.0719. The maximum Gasteiger partial charge on any atom is 0.237 e. The molecule has 0 aromatic heterocycles. The normalized spacial score (nSPS) is 29.8. The van der Waals surface area contributed by atoms with Crippen molar-refractivity contribution in [3.8, 4) is 0 Å². The highest BCUT2D eigenvalue weighted by Gasteiger charge is 2.37. The van der Waals surface area contributed by atoms with Crippen LogP contribution in [-0.2, 0) is 4.79 Å². The fourth-order valence-electron chi connectivity index (χ4n) is 3.52. The van der Waals surface area contributed by atoms with E-state index in [1.54, 1.807) is 0 Å². The Morgan fingerprint density at radius 1 is 1.40 bits per heavy atom. The van der Waals surface area contributed by atoms with Crippen molar-refractivity contribution in [2.75, 3.05) is 26.2 Å². The van der Waals surface area contributed by atoms with Gasteiger partial charge >= 0.3 is 0 Å². The van der Waals surface area contributed by atoms with Crippen molar-refractivity contribution >= 4 is 18.3 Å². The number of nitrogens with one attached hydrogen (secondary N) is 2. The maximum absolute atomic E-state index is 12.4. The summed E-state index contributed by atoms with van der Waals surface area (Å²) in [6.07, 6.45) is 4.78. The van der Waals surface area contributed by atoms with Crippen LogP contribution < -0.4 is 10.6 Å². The first-order chi connectivity index (χ1) is 9.04. The zero-order valence-corrected chi connectivity index (χ0v) is 13.9. The summed E-state index contributed by atoms with van der Waals surface area (Å²) in [5.74, 6) is 0.188. The van der Waals surface area contributed by atoms with E-state index in [1.807, 2.05) is 0 Å². The van der Waals surface area contributed by atoms with E-state index in [0.29, 0.717) is 6.04 Å². The van der Waals surface area contributed by atoms with E-state index in [2.05, 4.69) is 36.3 Å². The van der Waals surface area contributed by atoms with Crippen LogP contribution in [0.1, 0.15) is 46.5 Å². The molecule has 2 saturated heterocycles. The molecule has 0 saturated carbocycles. The number of carbonyl (C=O) groups is 1. The molecule has 0 radical (unpaired) electrons. The minimum atomic E-state index is -0.0299. The molecular formula is C15H30ClN3O. The fraction of sp³-hybridized carbons (Fsp3) is 0.933. The monoisotopic (exact) mass is 303 g/mol. The van der Waals surface area contributed by atoms with Crippen LogP contribution in [0.5, 0.6) is 0 Å². The average Bonchev–Trinajstić information content (AvgIpc) is 2.82. The first kappa shape index (κ1) is 17.7. The molecule has 2 heterocycles. The molecule has 2 aliphatic heterocycles. The van der Waals surface area contributed by atoms with E-state index < -0.39 is 0 Å². The predicted molar refractivity (Wildman–Crippen MR) is 85.3 cm³/mol. The average molecular weight is 304 g/mol. The van der Waals surface area contributed by atoms with Gasteiger partial charge in [-0.1, -0.05) is 20.8 Å². The highest BCUT2D eigenvalue weighted by molar-refractivity contribution is 5.85. The van der Waals surface area contributed by atoms with Crippen molar-refractivity contribution in [1.29, 1.82) is 0 Å². The van der Waals surface area contributed by atoms with Gasteiger partial charge in [-0.25, -0.2) is 0 Å². The van der Waals surface area contributed by atoms with Crippen LogP contribution in [0.4, 0.5) is 0 Å². The molecule has 0 spiro atoms. The molecular weight excluding hydrogens is 274 g/mol. The number of piperidine rings is 1. The number of likely N-dealkylation sites (tertiary alicyclic amines) is 1. The molecule has 2 fully saturated rings. The van der Waals surface area contributed by atoms with Gasteiger partial charge in [0.05, 0.1) is 6.04 Å². The molecule has 2 N–H and O–H groups in total. The Balaban J connectivity index is 0.00000200. The number of halogens is 1. The van der Waals surface area contributed by atoms with Crippen molar-refractivity contribution in [1.82, 2.24) is 15.5 Å². The molecule has 2 unspecified atom stereocenters. The standard InChI is InChI=1S/C15H29N3O.ClH/c1-4-18-10-5-7-12(18)11-17-14(19)13-15(2,3)8-6-9-16-13;/h12-13,16H,4-11H2,1-3H3,(H,17,19);1H. The molecule has 2 rings (SSSR count). The summed E-state index contributed by atoms with van der Waals surface area (Å²) in [4.78, 5) is 14.8. The summed E-state index contributed by atoms with van der Waals surface area (Å²) in [6, 6.07) is 0.512. The summed E-state index contributed by atoms with van der Waals surface area (Å²) >= 11 is 0. The van der Waals surface area contributed by atoms with E-state index in [9.17, 15) is 4.79 Å². The highest BCUT2D eigenvalue weighted by atomic mass is 35.5. The summed E-state index contributed by atoms with van der Waals surface area (Å²) < 4.78 is 0. The molecule has 2 atom stereocenters. The van der Waals surface area contributed by atoms with Crippen LogP contribution >= 0.6 is 12.4 Å². The number of carbonyl (C=O) groups excluding carboxylic acids is 1. The van der Waals surface area contributed by atoms with Gasteiger partial charge in [0.1, 0.15) is 0 Å². The van der Waals surface area contributed by atoms with Gasteiger partial charge in [0, 0.05) is 12.6 Å². The number of nitrogens with zero attached hydrogens (tertiary/aromatic N) is 1. The molecule has 0 bridgehead atoms. The van der Waals surface area contributed by atoms with Gasteiger partial charge < -0.3 is 10.6 Å². The second kappa shape index (κ2) is 7.62. The lowest BCUT2D eigenvalue weighted by atomic mass is 9.77. The molecule has 20 heavy (non-hydrogen) atoms. The van der Waals surface area contributed by atoms with Crippen molar-refractivity contribution < 1.29 is 4.79 Å². The minimum Gasteiger partial charge on any atom is -0.353 e. The number of hydrogen-bond donors (Lipinski definition) is 2. The molecule has 1 amide bonds. The first-order valence-electron chi connectivity index (χ1n) is 7.80. The molecule has 4 nitrogen and oxygen atoms in total. The van der Waals surface area contributed by atoms with E-state index in [1.165, 1.54) is 25.8 Å². The Bertz CT molecular complexity index is 322. The summed E-state index contributed by atoms with van der Waals surface area (Å²) in [6.45, 7) is 10.6. The largest absolute Gasteiger partial charge is 0.353 e. The van der Waals surface area contributed by atoms with Crippen LogP contribution in [0.3, 0.4) is 0 Å². The lowest BCUT2D eigenvalue weighted by Gasteiger charge is -2.38. The molecule has 2 aliphatic rings. The maximum atomic E-state index is 12.4. The first-order valence-corrected chi connectivity index (χ1v) is 7.80. The summed E-state index contributed by atoms with van der Waals surface area (Å²) in [5, 5.41) is 6.56. The van der Waals surface area contributed by atoms with Crippen LogP contribution in [0, 0.1) is 5.41 Å². The second-order valence-electron chi connectivity index (χ2n) is 6.65. The number of amides is 1. The van der Waals surface area contributed by atoms with E-state index >= 15 is 0 Å². The lowest BCUT2D eigenvalue weighted by Crippen LogP contribution is -2.56. The Morgan fingerprint density at radius 3 is 2.80 bits per heavy atom. The topological polar surface area (TPSA) is 44.4 Å². The number of rotatable bonds is 4. The lowest BCUT2D eigenvalue weighted by molar-refractivity contribution is -0.127. The van der Waals surface area contributed by atoms with Crippen molar-refractivity contribution in [3.63, 3.8) is 0 Å². The van der Waals surface area contributed by atoms with Crippen LogP contribution in [0.15, 0.2) is 0 Å². The molecule has 0 aromatic carbocycles. The molecule has 5 heteroatoms. The van der Waals surface area contributed by atoms with E-state index in [-0.39, 0.29) is 29.8 Å². The predicted octanol–water partition coefficient (Wildman–Crippen LogP) is 1.79. The molecule has 118 valence electrons. The van der Waals surface area contributed by atoms with Crippen molar-refractivity contribution in [3.05, 3.63) is 0 Å². The molecule has 0 aromatic rings. The van der Waals surface area contributed by atoms with Gasteiger partial charge in [0.2, 0.25) is 5.91 Å². The zero-order chi connectivity index (χ0) is 13.9. The van der Waals surface area contributed by atoms with Crippen LogP contribution in [0.25, 0.3) is 0 Å². The van der Waals surface area contributed by atoms with E-state index in [0.717, 1.165) is 26.1 Å². The minimum absolute atomic E-state index is 0. The second-order valence-corrected chi connectivity index (χ2v) is 6.65. The van der Waals surface area contributed by atoms with E-state index in [4.69, 9.17) is 0 Å². The van der Waals surface area contributed by atoms with Crippen molar-refractivity contribution in [2.45, 2.75) is 58.5 Å². The quantitative estimate of drug-likeness (QED) is 0.832.